The quantitative estimate of drug-likeness (QED) is 0.738. The molecule has 0 atom stereocenters. The van der Waals surface area contributed by atoms with Crippen LogP contribution in [0.25, 0.3) is 0 Å². The summed E-state index contributed by atoms with van der Waals surface area (Å²) in [5, 5.41) is 2.78. The summed E-state index contributed by atoms with van der Waals surface area (Å²) in [6, 6.07) is 14.7. The van der Waals surface area contributed by atoms with Crippen LogP contribution in [0.1, 0.15) is 42.1 Å². The minimum atomic E-state index is -0.170. The van der Waals surface area contributed by atoms with E-state index in [2.05, 4.69) is 12.2 Å². The molecule has 2 aromatic rings. The second-order valence-electron chi connectivity index (χ2n) is 5.65. The normalized spacial score (nSPS) is 10.2. The third kappa shape index (κ3) is 5.23. The van der Waals surface area contributed by atoms with Gasteiger partial charge in [-0.25, -0.2) is 0 Å². The fourth-order valence-corrected chi connectivity index (χ4v) is 2.42. The number of nitrogens with one attached hydrogen (secondary N) is 1. The van der Waals surface area contributed by atoms with E-state index in [1.807, 2.05) is 24.3 Å². The van der Waals surface area contributed by atoms with E-state index in [0.717, 1.165) is 18.6 Å². The van der Waals surface area contributed by atoms with E-state index in [-0.39, 0.29) is 24.5 Å². The topological polar surface area (TPSA) is 55.4 Å². The van der Waals surface area contributed by atoms with Gasteiger partial charge >= 0.3 is 0 Å². The molecular formula is C20H23NO3. The van der Waals surface area contributed by atoms with Crippen molar-refractivity contribution in [2.75, 3.05) is 12.4 Å². The Morgan fingerprint density at radius 3 is 2.21 bits per heavy atom. The molecule has 0 bridgehead atoms. The van der Waals surface area contributed by atoms with E-state index in [1.54, 1.807) is 31.4 Å². The second-order valence-corrected chi connectivity index (χ2v) is 5.65. The molecule has 0 heterocycles. The van der Waals surface area contributed by atoms with Crippen LogP contribution in [-0.2, 0) is 11.2 Å². The number of rotatable bonds is 8. The molecule has 0 aliphatic carbocycles. The Balaban J connectivity index is 1.82. The van der Waals surface area contributed by atoms with E-state index in [4.69, 9.17) is 4.74 Å². The molecule has 0 aliphatic rings. The number of carbonyl (C=O) groups is 2. The zero-order valence-corrected chi connectivity index (χ0v) is 14.2. The molecule has 2 rings (SSSR count). The van der Waals surface area contributed by atoms with Crippen LogP contribution in [0.15, 0.2) is 48.5 Å². The van der Waals surface area contributed by atoms with Crippen molar-refractivity contribution >= 4 is 17.4 Å². The summed E-state index contributed by atoms with van der Waals surface area (Å²) in [6.45, 7) is 2.13. The maximum Gasteiger partial charge on any atom is 0.224 e. The maximum absolute atomic E-state index is 12.2. The van der Waals surface area contributed by atoms with Crippen molar-refractivity contribution in [3.8, 4) is 5.75 Å². The van der Waals surface area contributed by atoms with Crippen LogP contribution >= 0.6 is 0 Å². The zero-order chi connectivity index (χ0) is 17.4. The zero-order valence-electron chi connectivity index (χ0n) is 14.2. The highest BCUT2D eigenvalue weighted by Gasteiger charge is 2.10. The first-order valence-corrected chi connectivity index (χ1v) is 8.18. The summed E-state index contributed by atoms with van der Waals surface area (Å²) in [5.41, 5.74) is 2.58. The first-order chi connectivity index (χ1) is 11.6. The smallest absolute Gasteiger partial charge is 0.224 e. The molecule has 1 N–H and O–H groups in total. The second kappa shape index (κ2) is 8.87. The molecule has 0 aromatic heterocycles. The van der Waals surface area contributed by atoms with Gasteiger partial charge < -0.3 is 10.1 Å². The van der Waals surface area contributed by atoms with Gasteiger partial charge in [-0.15, -0.1) is 0 Å². The number of Topliss-reactive ketones (excluding diaryl/α,β-unsaturated/α-hetero) is 1. The minimum Gasteiger partial charge on any atom is -0.497 e. The number of ether oxygens (including phenoxy) is 1. The summed E-state index contributed by atoms with van der Waals surface area (Å²) in [5.74, 6) is 0.550. The number of ketones is 1. The SMILES string of the molecule is CCCc1ccc(C(=O)CCC(=O)Nc2ccc(OC)cc2)cc1. The standard InChI is InChI=1S/C20H23NO3/c1-3-4-15-5-7-16(8-6-15)19(22)13-14-20(23)21-17-9-11-18(24-2)12-10-17/h5-12H,3-4,13-14H2,1-2H3,(H,21,23). The molecule has 0 fully saturated rings. The van der Waals surface area contributed by atoms with E-state index in [9.17, 15) is 9.59 Å². The van der Waals surface area contributed by atoms with Gasteiger partial charge in [-0.2, -0.15) is 0 Å². The van der Waals surface area contributed by atoms with E-state index in [0.29, 0.717) is 11.3 Å². The fourth-order valence-electron chi connectivity index (χ4n) is 2.42. The van der Waals surface area contributed by atoms with Crippen LogP contribution < -0.4 is 10.1 Å². The van der Waals surface area contributed by atoms with Gasteiger partial charge in [-0.1, -0.05) is 37.6 Å². The Morgan fingerprint density at radius 2 is 1.62 bits per heavy atom. The molecule has 0 unspecified atom stereocenters. The number of hydrogen-bond donors (Lipinski definition) is 1. The van der Waals surface area contributed by atoms with E-state index >= 15 is 0 Å². The summed E-state index contributed by atoms with van der Waals surface area (Å²) >= 11 is 0. The molecular weight excluding hydrogens is 302 g/mol. The molecule has 0 saturated carbocycles. The number of anilines is 1. The number of hydrogen-bond acceptors (Lipinski definition) is 3. The van der Waals surface area contributed by atoms with Crippen LogP contribution in [0.3, 0.4) is 0 Å². The predicted octanol–water partition coefficient (Wildman–Crippen LogP) is 4.25. The fraction of sp³-hybridized carbons (Fsp3) is 0.300. The lowest BCUT2D eigenvalue weighted by molar-refractivity contribution is -0.116. The Bertz CT molecular complexity index is 675. The van der Waals surface area contributed by atoms with Crippen molar-refractivity contribution in [2.24, 2.45) is 0 Å². The molecule has 0 saturated heterocycles. The van der Waals surface area contributed by atoms with Gasteiger partial charge in [0.25, 0.3) is 0 Å². The summed E-state index contributed by atoms with van der Waals surface area (Å²) in [6.07, 6.45) is 2.47. The number of aryl methyl sites for hydroxylation is 1. The Kier molecular flexibility index (Phi) is 6.55. The largest absolute Gasteiger partial charge is 0.497 e. The summed E-state index contributed by atoms with van der Waals surface area (Å²) < 4.78 is 5.07. The Hall–Kier alpha value is -2.62. The van der Waals surface area contributed by atoms with Crippen LogP contribution in [0.5, 0.6) is 5.75 Å². The van der Waals surface area contributed by atoms with E-state index in [1.165, 1.54) is 5.56 Å². The molecule has 0 radical (unpaired) electrons. The number of amides is 1. The highest BCUT2D eigenvalue weighted by molar-refractivity contribution is 6.00. The van der Waals surface area contributed by atoms with Crippen LogP contribution in [0, 0.1) is 0 Å². The lowest BCUT2D eigenvalue weighted by Crippen LogP contribution is -2.13. The van der Waals surface area contributed by atoms with Gasteiger partial charge in [0.2, 0.25) is 5.91 Å². The average Bonchev–Trinajstić information content (AvgIpc) is 2.61. The number of carbonyl (C=O) groups excluding carboxylic acids is 2. The first-order valence-electron chi connectivity index (χ1n) is 8.18. The highest BCUT2D eigenvalue weighted by atomic mass is 16.5. The molecule has 126 valence electrons. The van der Waals surface area contributed by atoms with Gasteiger partial charge in [0.05, 0.1) is 7.11 Å². The summed E-state index contributed by atoms with van der Waals surface area (Å²) in [7, 11) is 1.59. The van der Waals surface area contributed by atoms with Crippen LogP contribution in [-0.4, -0.2) is 18.8 Å². The van der Waals surface area contributed by atoms with Crippen LogP contribution in [0.4, 0.5) is 5.69 Å². The van der Waals surface area contributed by atoms with Crippen LogP contribution in [0.2, 0.25) is 0 Å². The monoisotopic (exact) mass is 325 g/mol. The first kappa shape index (κ1) is 17.7. The van der Waals surface area contributed by atoms with Crippen molar-refractivity contribution in [1.82, 2.24) is 0 Å². The van der Waals surface area contributed by atoms with E-state index < -0.39 is 0 Å². The van der Waals surface area contributed by atoms with Crippen molar-refractivity contribution in [3.63, 3.8) is 0 Å². The third-order valence-electron chi connectivity index (χ3n) is 3.77. The molecule has 0 aliphatic heterocycles. The van der Waals surface area contributed by atoms with Gasteiger partial charge in [0, 0.05) is 24.1 Å². The van der Waals surface area contributed by atoms with Gasteiger partial charge in [-0.3, -0.25) is 9.59 Å². The number of methoxy groups -OCH3 is 1. The van der Waals surface area contributed by atoms with Crippen molar-refractivity contribution < 1.29 is 14.3 Å². The van der Waals surface area contributed by atoms with Crippen molar-refractivity contribution in [1.29, 1.82) is 0 Å². The minimum absolute atomic E-state index is 0.0112. The van der Waals surface area contributed by atoms with Crippen molar-refractivity contribution in [2.45, 2.75) is 32.6 Å². The molecule has 4 nitrogen and oxygen atoms in total. The summed E-state index contributed by atoms with van der Waals surface area (Å²) in [4.78, 5) is 24.1. The number of benzene rings is 2. The maximum atomic E-state index is 12.2. The average molecular weight is 325 g/mol. The molecule has 0 spiro atoms. The molecule has 4 heteroatoms. The third-order valence-corrected chi connectivity index (χ3v) is 3.77. The van der Waals surface area contributed by atoms with Gasteiger partial charge in [0.1, 0.15) is 5.75 Å². The predicted molar refractivity (Wildman–Crippen MR) is 95.6 cm³/mol. The molecule has 24 heavy (non-hydrogen) atoms. The van der Waals surface area contributed by atoms with Crippen molar-refractivity contribution in [3.05, 3.63) is 59.7 Å². The molecule has 2 aromatic carbocycles. The van der Waals surface area contributed by atoms with Gasteiger partial charge in [0.15, 0.2) is 5.78 Å². The lowest BCUT2D eigenvalue weighted by Gasteiger charge is -2.06. The lowest BCUT2D eigenvalue weighted by atomic mass is 10.0. The van der Waals surface area contributed by atoms with Gasteiger partial charge in [-0.05, 0) is 36.2 Å². The highest BCUT2D eigenvalue weighted by Crippen LogP contribution is 2.16. The molecule has 1 amide bonds. The Morgan fingerprint density at radius 1 is 0.958 bits per heavy atom. The Labute approximate surface area is 142 Å².